The SMILES string of the molecule is CCCCSc1nnc2c(n1)O[C@H](c1cc(Br)c(OCc3ccccc3)c(OCC)c1)Nc1ccccc1-2. The summed E-state index contributed by atoms with van der Waals surface area (Å²) in [7, 11) is 0. The van der Waals surface area contributed by atoms with Crippen molar-refractivity contribution in [1.82, 2.24) is 15.2 Å². The van der Waals surface area contributed by atoms with Crippen LogP contribution in [0.15, 0.2) is 76.4 Å². The Bertz CT molecular complexity index is 1390. The van der Waals surface area contributed by atoms with Gasteiger partial charge in [0, 0.05) is 22.6 Å². The van der Waals surface area contributed by atoms with Crippen LogP contribution in [0.1, 0.15) is 44.0 Å². The molecule has 0 amide bonds. The first-order valence-corrected chi connectivity index (χ1v) is 14.5. The van der Waals surface area contributed by atoms with Crippen LogP contribution in [0.2, 0.25) is 0 Å². The highest BCUT2D eigenvalue weighted by Crippen LogP contribution is 2.43. The molecular weight excluding hydrogens is 564 g/mol. The number of benzene rings is 3. The molecule has 0 unspecified atom stereocenters. The number of halogens is 1. The Hall–Kier alpha value is -3.30. The van der Waals surface area contributed by atoms with E-state index in [0.717, 1.165) is 45.4 Å². The predicted octanol–water partition coefficient (Wildman–Crippen LogP) is 7.67. The van der Waals surface area contributed by atoms with Gasteiger partial charge in [-0.15, -0.1) is 10.2 Å². The summed E-state index contributed by atoms with van der Waals surface area (Å²) in [6.07, 6.45) is 1.66. The molecule has 1 aromatic heterocycles. The van der Waals surface area contributed by atoms with E-state index < -0.39 is 6.23 Å². The lowest BCUT2D eigenvalue weighted by molar-refractivity contribution is 0.223. The van der Waals surface area contributed by atoms with Crippen LogP contribution >= 0.6 is 27.7 Å². The summed E-state index contributed by atoms with van der Waals surface area (Å²) in [6, 6.07) is 21.9. The zero-order chi connectivity index (χ0) is 26.3. The van der Waals surface area contributed by atoms with E-state index in [-0.39, 0.29) is 0 Å². The van der Waals surface area contributed by atoms with Gasteiger partial charge in [-0.2, -0.15) is 4.98 Å². The molecule has 1 atom stereocenters. The number of aromatic nitrogens is 3. The van der Waals surface area contributed by atoms with Gasteiger partial charge in [-0.1, -0.05) is 73.6 Å². The standard InChI is InChI=1S/C29H29BrN4O3S/c1-3-5-15-38-29-32-28-25(33-34-29)21-13-9-10-14-23(21)31-27(37-28)20-16-22(30)26(24(17-20)35-4-2)36-18-19-11-7-6-8-12-19/h6-14,16-17,27,31H,3-5,15,18H2,1-2H3/t27-/m1/s1. The maximum Gasteiger partial charge on any atom is 0.247 e. The first-order chi connectivity index (χ1) is 18.7. The number of thioether (sulfide) groups is 1. The van der Waals surface area contributed by atoms with Crippen LogP contribution in [0.25, 0.3) is 11.3 Å². The van der Waals surface area contributed by atoms with Crippen LogP contribution in [-0.2, 0) is 6.61 Å². The molecular formula is C29H29BrN4O3S. The third-order valence-electron chi connectivity index (χ3n) is 5.92. The van der Waals surface area contributed by atoms with Crippen molar-refractivity contribution in [3.63, 3.8) is 0 Å². The van der Waals surface area contributed by atoms with Crippen molar-refractivity contribution in [2.75, 3.05) is 17.7 Å². The van der Waals surface area contributed by atoms with E-state index in [1.165, 1.54) is 0 Å². The monoisotopic (exact) mass is 592 g/mol. The van der Waals surface area contributed by atoms with Crippen LogP contribution in [0.4, 0.5) is 5.69 Å². The van der Waals surface area contributed by atoms with Crippen LogP contribution in [0.5, 0.6) is 17.4 Å². The highest BCUT2D eigenvalue weighted by atomic mass is 79.9. The van der Waals surface area contributed by atoms with Crippen molar-refractivity contribution in [3.8, 4) is 28.6 Å². The van der Waals surface area contributed by atoms with E-state index in [2.05, 4.69) is 38.4 Å². The van der Waals surface area contributed by atoms with Gasteiger partial charge < -0.3 is 19.5 Å². The van der Waals surface area contributed by atoms with E-state index in [0.29, 0.717) is 41.4 Å². The molecule has 0 spiro atoms. The molecule has 2 heterocycles. The van der Waals surface area contributed by atoms with Gasteiger partial charge in [-0.25, -0.2) is 0 Å². The molecule has 0 saturated heterocycles. The zero-order valence-electron chi connectivity index (χ0n) is 21.3. The summed E-state index contributed by atoms with van der Waals surface area (Å²) >= 11 is 5.30. The average molecular weight is 594 g/mol. The number of para-hydroxylation sites is 1. The van der Waals surface area contributed by atoms with Crippen molar-refractivity contribution in [2.45, 2.75) is 44.7 Å². The zero-order valence-corrected chi connectivity index (χ0v) is 23.7. The lowest BCUT2D eigenvalue weighted by Crippen LogP contribution is -2.17. The van der Waals surface area contributed by atoms with E-state index in [4.69, 9.17) is 19.2 Å². The maximum atomic E-state index is 6.47. The predicted molar refractivity (Wildman–Crippen MR) is 154 cm³/mol. The molecule has 4 aromatic rings. The van der Waals surface area contributed by atoms with Crippen LogP contribution in [0.3, 0.4) is 0 Å². The number of hydrogen-bond donors (Lipinski definition) is 1. The summed E-state index contributed by atoms with van der Waals surface area (Å²) in [5, 5.41) is 13.0. The second kappa shape index (κ2) is 12.5. The first-order valence-electron chi connectivity index (χ1n) is 12.7. The number of unbranched alkanes of at least 4 members (excludes halogenated alkanes) is 1. The summed E-state index contributed by atoms with van der Waals surface area (Å²) in [4.78, 5) is 4.74. The number of nitrogens with one attached hydrogen (secondary N) is 1. The Morgan fingerprint density at radius 2 is 1.82 bits per heavy atom. The van der Waals surface area contributed by atoms with Gasteiger partial charge in [0.1, 0.15) is 6.61 Å². The lowest BCUT2D eigenvalue weighted by atomic mass is 10.1. The first kappa shape index (κ1) is 26.3. The number of hydrogen-bond acceptors (Lipinski definition) is 8. The molecule has 0 radical (unpaired) electrons. The van der Waals surface area contributed by atoms with Gasteiger partial charge in [0.2, 0.25) is 11.0 Å². The van der Waals surface area contributed by atoms with Crippen LogP contribution in [-0.4, -0.2) is 27.5 Å². The highest BCUT2D eigenvalue weighted by Gasteiger charge is 2.27. The Morgan fingerprint density at radius 3 is 2.63 bits per heavy atom. The molecule has 3 aromatic carbocycles. The molecule has 0 fully saturated rings. The van der Waals surface area contributed by atoms with Crippen molar-refractivity contribution in [3.05, 3.63) is 82.3 Å². The molecule has 38 heavy (non-hydrogen) atoms. The number of ether oxygens (including phenoxy) is 3. The van der Waals surface area contributed by atoms with Gasteiger partial charge in [0.25, 0.3) is 0 Å². The molecule has 196 valence electrons. The van der Waals surface area contributed by atoms with Gasteiger partial charge in [-0.05, 0) is 53.0 Å². The number of anilines is 1. The molecule has 0 saturated carbocycles. The third kappa shape index (κ3) is 6.05. The quantitative estimate of drug-likeness (QED) is 0.148. The number of rotatable bonds is 10. The second-order valence-corrected chi connectivity index (χ2v) is 10.6. The minimum absolute atomic E-state index is 0.429. The maximum absolute atomic E-state index is 6.47. The summed E-state index contributed by atoms with van der Waals surface area (Å²) in [5.74, 6) is 2.66. The van der Waals surface area contributed by atoms with Gasteiger partial charge >= 0.3 is 0 Å². The molecule has 1 aliphatic rings. The number of nitrogens with zero attached hydrogens (tertiary/aromatic N) is 3. The lowest BCUT2D eigenvalue weighted by Gasteiger charge is -2.22. The van der Waals surface area contributed by atoms with Crippen molar-refractivity contribution in [2.24, 2.45) is 0 Å². The smallest absolute Gasteiger partial charge is 0.247 e. The topological polar surface area (TPSA) is 78.4 Å². The van der Waals surface area contributed by atoms with E-state index in [9.17, 15) is 0 Å². The highest BCUT2D eigenvalue weighted by molar-refractivity contribution is 9.10. The third-order valence-corrected chi connectivity index (χ3v) is 7.44. The summed E-state index contributed by atoms with van der Waals surface area (Å²) < 4.78 is 19.4. The van der Waals surface area contributed by atoms with Crippen LogP contribution in [0, 0.1) is 0 Å². The molecule has 0 aliphatic carbocycles. The molecule has 9 heteroatoms. The average Bonchev–Trinajstić information content (AvgIpc) is 3.10. The number of fused-ring (bicyclic) bond motifs is 3. The van der Waals surface area contributed by atoms with E-state index in [1.54, 1.807) is 11.8 Å². The van der Waals surface area contributed by atoms with Crippen molar-refractivity contribution in [1.29, 1.82) is 0 Å². The molecule has 5 rings (SSSR count). The summed E-state index contributed by atoms with van der Waals surface area (Å²) in [6.45, 7) is 5.05. The summed E-state index contributed by atoms with van der Waals surface area (Å²) in [5.41, 5.74) is 4.32. The minimum atomic E-state index is -0.540. The second-order valence-electron chi connectivity index (χ2n) is 8.68. The van der Waals surface area contributed by atoms with Gasteiger partial charge in [0.05, 0.1) is 11.1 Å². The largest absolute Gasteiger partial charge is 0.490 e. The van der Waals surface area contributed by atoms with Crippen molar-refractivity contribution >= 4 is 33.4 Å². The fourth-order valence-corrected chi connectivity index (χ4v) is 5.47. The van der Waals surface area contributed by atoms with Gasteiger partial charge in [0.15, 0.2) is 23.4 Å². The Morgan fingerprint density at radius 1 is 1.00 bits per heavy atom. The fraction of sp³-hybridized carbons (Fsp3) is 0.276. The fourth-order valence-electron chi connectivity index (χ4n) is 4.04. The molecule has 7 nitrogen and oxygen atoms in total. The van der Waals surface area contributed by atoms with Gasteiger partial charge in [-0.3, -0.25) is 0 Å². The van der Waals surface area contributed by atoms with E-state index in [1.807, 2.05) is 73.7 Å². The normalized spacial score (nSPS) is 13.9. The Labute approximate surface area is 235 Å². The minimum Gasteiger partial charge on any atom is -0.490 e. The molecule has 1 aliphatic heterocycles. The van der Waals surface area contributed by atoms with Crippen LogP contribution < -0.4 is 19.5 Å². The molecule has 1 N–H and O–H groups in total. The van der Waals surface area contributed by atoms with E-state index >= 15 is 0 Å². The molecule has 0 bridgehead atoms. The van der Waals surface area contributed by atoms with Crippen molar-refractivity contribution < 1.29 is 14.2 Å². The Balaban J connectivity index is 1.48. The Kier molecular flexibility index (Phi) is 8.65.